The van der Waals surface area contributed by atoms with Crippen LogP contribution in [0.2, 0.25) is 0 Å². The lowest BCUT2D eigenvalue weighted by atomic mass is 9.99. The smallest absolute Gasteiger partial charge is 0.129 e. The monoisotopic (exact) mass is 259 g/mol. The molecule has 0 radical (unpaired) electrons. The second-order valence-electron chi connectivity index (χ2n) is 5.13. The summed E-state index contributed by atoms with van der Waals surface area (Å²) < 4.78 is 7.17. The van der Waals surface area contributed by atoms with E-state index < -0.39 is 0 Å². The van der Waals surface area contributed by atoms with E-state index >= 15 is 0 Å². The van der Waals surface area contributed by atoms with E-state index in [2.05, 4.69) is 18.9 Å². The van der Waals surface area contributed by atoms with Crippen molar-refractivity contribution in [3.63, 3.8) is 0 Å². The number of hydrogen-bond donors (Lipinski definition) is 1. The van der Waals surface area contributed by atoms with Crippen LogP contribution >= 0.6 is 0 Å². The summed E-state index contributed by atoms with van der Waals surface area (Å²) in [4.78, 5) is 0. The molecule has 19 heavy (non-hydrogen) atoms. The third-order valence-corrected chi connectivity index (χ3v) is 3.14. The molecule has 0 saturated carbocycles. The van der Waals surface area contributed by atoms with E-state index in [1.807, 2.05) is 31.3 Å². The topological polar surface area (TPSA) is 53.1 Å². The van der Waals surface area contributed by atoms with Gasteiger partial charge in [0, 0.05) is 12.6 Å². The molecule has 1 heterocycles. The minimum atomic E-state index is 0.530. The van der Waals surface area contributed by atoms with Crippen molar-refractivity contribution in [2.24, 2.45) is 13.0 Å². The van der Waals surface area contributed by atoms with Crippen molar-refractivity contribution in [3.8, 4) is 16.9 Å². The zero-order chi connectivity index (χ0) is 14.0. The van der Waals surface area contributed by atoms with Crippen molar-refractivity contribution in [2.75, 3.05) is 12.8 Å². The van der Waals surface area contributed by atoms with Crippen LogP contribution in [0.15, 0.2) is 24.3 Å². The minimum absolute atomic E-state index is 0.530. The van der Waals surface area contributed by atoms with Crippen molar-refractivity contribution < 1.29 is 4.74 Å². The van der Waals surface area contributed by atoms with E-state index in [4.69, 9.17) is 10.5 Å². The Morgan fingerprint density at radius 2 is 2.00 bits per heavy atom. The van der Waals surface area contributed by atoms with Gasteiger partial charge in [0.25, 0.3) is 0 Å². The summed E-state index contributed by atoms with van der Waals surface area (Å²) in [5, 5.41) is 4.54. The molecule has 0 aliphatic rings. The first-order valence-corrected chi connectivity index (χ1v) is 6.49. The number of rotatable bonds is 4. The van der Waals surface area contributed by atoms with Crippen LogP contribution < -0.4 is 10.5 Å². The molecule has 4 heteroatoms. The molecule has 0 aliphatic carbocycles. The Morgan fingerprint density at radius 3 is 2.63 bits per heavy atom. The highest BCUT2D eigenvalue weighted by Gasteiger charge is 2.19. The molecule has 2 rings (SSSR count). The van der Waals surface area contributed by atoms with Crippen LogP contribution in [0, 0.1) is 5.92 Å². The van der Waals surface area contributed by atoms with Gasteiger partial charge in [-0.3, -0.25) is 4.68 Å². The van der Waals surface area contributed by atoms with E-state index in [0.717, 1.165) is 29.0 Å². The molecule has 0 atom stereocenters. The summed E-state index contributed by atoms with van der Waals surface area (Å²) in [5.74, 6) is 2.04. The number of hydrogen-bond acceptors (Lipinski definition) is 3. The molecule has 2 N–H and O–H groups in total. The highest BCUT2D eigenvalue weighted by Crippen LogP contribution is 2.36. The van der Waals surface area contributed by atoms with Gasteiger partial charge >= 0.3 is 0 Å². The van der Waals surface area contributed by atoms with E-state index in [9.17, 15) is 0 Å². The first-order chi connectivity index (χ1) is 9.04. The Morgan fingerprint density at radius 1 is 1.32 bits per heavy atom. The number of nitrogens with zero attached hydrogens (tertiary/aromatic N) is 2. The fourth-order valence-electron chi connectivity index (χ4n) is 2.27. The SMILES string of the molecule is COc1ccccc1-c1c(CC(C)C)nn(C)c1N. The predicted octanol–water partition coefficient (Wildman–Crippen LogP) is 2.88. The zero-order valence-corrected chi connectivity index (χ0v) is 12.0. The number of ether oxygens (including phenoxy) is 1. The van der Waals surface area contributed by atoms with E-state index in [0.29, 0.717) is 11.7 Å². The summed E-state index contributed by atoms with van der Waals surface area (Å²) >= 11 is 0. The number of methoxy groups -OCH3 is 1. The molecule has 0 unspecified atom stereocenters. The van der Waals surface area contributed by atoms with Gasteiger partial charge in [-0.2, -0.15) is 5.10 Å². The molecule has 0 fully saturated rings. The molecule has 0 amide bonds. The lowest BCUT2D eigenvalue weighted by Crippen LogP contribution is -1.98. The lowest BCUT2D eigenvalue weighted by Gasteiger charge is -2.10. The van der Waals surface area contributed by atoms with Gasteiger partial charge in [-0.05, 0) is 18.4 Å². The van der Waals surface area contributed by atoms with Gasteiger partial charge in [-0.25, -0.2) is 0 Å². The molecule has 0 bridgehead atoms. The largest absolute Gasteiger partial charge is 0.496 e. The molecular weight excluding hydrogens is 238 g/mol. The van der Waals surface area contributed by atoms with Crippen molar-refractivity contribution in [1.29, 1.82) is 0 Å². The number of aromatic nitrogens is 2. The molecule has 102 valence electrons. The van der Waals surface area contributed by atoms with E-state index in [1.165, 1.54) is 0 Å². The average Bonchev–Trinajstić information content (AvgIpc) is 2.64. The molecule has 0 spiro atoms. The van der Waals surface area contributed by atoms with E-state index in [1.54, 1.807) is 11.8 Å². The maximum absolute atomic E-state index is 6.18. The molecule has 1 aromatic carbocycles. The summed E-state index contributed by atoms with van der Waals surface area (Å²) in [5.41, 5.74) is 9.21. The van der Waals surface area contributed by atoms with Crippen LogP contribution in [-0.4, -0.2) is 16.9 Å². The molecular formula is C15H21N3O. The first kappa shape index (κ1) is 13.5. The number of aryl methyl sites for hydroxylation is 1. The fourth-order valence-corrected chi connectivity index (χ4v) is 2.27. The average molecular weight is 259 g/mol. The maximum atomic E-state index is 6.18. The first-order valence-electron chi connectivity index (χ1n) is 6.49. The Bertz CT molecular complexity index is 573. The van der Waals surface area contributed by atoms with Crippen LogP contribution in [-0.2, 0) is 13.5 Å². The standard InChI is InChI=1S/C15H21N3O/c1-10(2)9-12-14(15(16)18(3)17-12)11-7-5-6-8-13(11)19-4/h5-8,10H,9,16H2,1-4H3. The van der Waals surface area contributed by atoms with Gasteiger partial charge in [0.15, 0.2) is 0 Å². The van der Waals surface area contributed by atoms with Gasteiger partial charge in [-0.15, -0.1) is 0 Å². The molecule has 1 aromatic heterocycles. The van der Waals surface area contributed by atoms with Crippen molar-refractivity contribution in [2.45, 2.75) is 20.3 Å². The van der Waals surface area contributed by atoms with Crippen LogP contribution in [0.4, 0.5) is 5.82 Å². The number of nitrogen functional groups attached to an aromatic ring is 1. The molecule has 4 nitrogen and oxygen atoms in total. The van der Waals surface area contributed by atoms with Gasteiger partial charge in [-0.1, -0.05) is 32.0 Å². The van der Waals surface area contributed by atoms with Crippen LogP contribution in [0.1, 0.15) is 19.5 Å². The minimum Gasteiger partial charge on any atom is -0.496 e. The van der Waals surface area contributed by atoms with Gasteiger partial charge in [0.1, 0.15) is 11.6 Å². The summed E-state index contributed by atoms with van der Waals surface area (Å²) in [7, 11) is 3.55. The highest BCUT2D eigenvalue weighted by atomic mass is 16.5. The quantitative estimate of drug-likeness (QED) is 0.918. The summed E-state index contributed by atoms with van der Waals surface area (Å²) in [6.07, 6.45) is 0.901. The number of nitrogens with two attached hydrogens (primary N) is 1. The normalized spacial score (nSPS) is 11.0. The third-order valence-electron chi connectivity index (χ3n) is 3.14. The number of benzene rings is 1. The Kier molecular flexibility index (Phi) is 3.79. The Hall–Kier alpha value is -1.97. The number of para-hydroxylation sites is 1. The van der Waals surface area contributed by atoms with E-state index in [-0.39, 0.29) is 0 Å². The van der Waals surface area contributed by atoms with Crippen LogP contribution in [0.5, 0.6) is 5.75 Å². The van der Waals surface area contributed by atoms with Gasteiger partial charge in [0.2, 0.25) is 0 Å². The summed E-state index contributed by atoms with van der Waals surface area (Å²) in [6, 6.07) is 7.91. The second kappa shape index (κ2) is 5.34. The molecule has 0 aliphatic heterocycles. The zero-order valence-electron chi connectivity index (χ0n) is 12.0. The predicted molar refractivity (Wildman–Crippen MR) is 78.2 cm³/mol. The Labute approximate surface area is 114 Å². The van der Waals surface area contributed by atoms with Gasteiger partial charge < -0.3 is 10.5 Å². The fraction of sp³-hybridized carbons (Fsp3) is 0.400. The van der Waals surface area contributed by atoms with Crippen molar-refractivity contribution in [3.05, 3.63) is 30.0 Å². The number of anilines is 1. The molecule has 2 aromatic rings. The molecule has 0 saturated heterocycles. The maximum Gasteiger partial charge on any atom is 0.129 e. The van der Waals surface area contributed by atoms with Crippen LogP contribution in [0.3, 0.4) is 0 Å². The lowest BCUT2D eigenvalue weighted by molar-refractivity contribution is 0.416. The second-order valence-corrected chi connectivity index (χ2v) is 5.13. The summed E-state index contributed by atoms with van der Waals surface area (Å²) in [6.45, 7) is 4.35. The van der Waals surface area contributed by atoms with Crippen LogP contribution in [0.25, 0.3) is 11.1 Å². The highest BCUT2D eigenvalue weighted by molar-refractivity contribution is 5.81. The Balaban J connectivity index is 2.60. The third kappa shape index (κ3) is 2.57. The van der Waals surface area contributed by atoms with Gasteiger partial charge in [0.05, 0.1) is 18.4 Å². The van der Waals surface area contributed by atoms with Crippen molar-refractivity contribution in [1.82, 2.24) is 9.78 Å². The van der Waals surface area contributed by atoms with Crippen molar-refractivity contribution >= 4 is 5.82 Å².